The van der Waals surface area contributed by atoms with Crippen LogP contribution >= 0.6 is 0 Å². The van der Waals surface area contributed by atoms with Gasteiger partial charge in [-0.15, -0.1) is 0 Å². The summed E-state index contributed by atoms with van der Waals surface area (Å²) in [6.45, 7) is 2.87. The van der Waals surface area contributed by atoms with E-state index in [1.807, 2.05) is 0 Å². The quantitative estimate of drug-likeness (QED) is 0.820. The van der Waals surface area contributed by atoms with Crippen LogP contribution in [0.5, 0.6) is 0 Å². The first-order chi connectivity index (χ1) is 8.79. The molecular weight excluding hydrogens is 275 g/mol. The Kier molecular flexibility index (Phi) is 3.14. The van der Waals surface area contributed by atoms with Crippen LogP contribution in [0, 0.1) is 19.7 Å². The predicted octanol–water partition coefficient (Wildman–Crippen LogP) is 1.21. The number of hydrogen-bond donors (Lipinski definition) is 2. The molecule has 0 bridgehead atoms. The largest absolute Gasteiger partial charge is 0.399 e. The van der Waals surface area contributed by atoms with Crippen LogP contribution in [0.15, 0.2) is 21.6 Å². The molecule has 0 saturated carbocycles. The number of halogens is 1. The summed E-state index contributed by atoms with van der Waals surface area (Å²) >= 11 is 0. The molecule has 7 nitrogen and oxygen atoms in total. The topological polar surface area (TPSA) is 111 Å². The van der Waals surface area contributed by atoms with Crippen molar-refractivity contribution in [2.24, 2.45) is 0 Å². The third kappa shape index (κ3) is 2.65. The molecular formula is C10H11FN4O3S. The van der Waals surface area contributed by atoms with Gasteiger partial charge in [0, 0.05) is 11.3 Å². The number of nitrogens with two attached hydrogens (primary N) is 1. The SMILES string of the molecule is Cc1noc(NS(=O)(=O)c2cc(N)cc(F)c2C)n1. The molecule has 19 heavy (non-hydrogen) atoms. The van der Waals surface area contributed by atoms with Crippen molar-refractivity contribution in [3.63, 3.8) is 0 Å². The van der Waals surface area contributed by atoms with Gasteiger partial charge in [-0.1, -0.05) is 5.16 Å². The number of nitrogen functional groups attached to an aromatic ring is 1. The molecule has 0 fully saturated rings. The molecule has 0 aliphatic carbocycles. The van der Waals surface area contributed by atoms with Crippen LogP contribution in [-0.4, -0.2) is 18.6 Å². The number of anilines is 2. The second kappa shape index (κ2) is 4.50. The highest BCUT2D eigenvalue weighted by Gasteiger charge is 2.22. The Labute approximate surface area is 108 Å². The van der Waals surface area contributed by atoms with E-state index in [2.05, 4.69) is 19.4 Å². The van der Waals surface area contributed by atoms with Gasteiger partial charge in [0.15, 0.2) is 5.82 Å². The number of sulfonamides is 1. The van der Waals surface area contributed by atoms with E-state index in [0.717, 1.165) is 12.1 Å². The molecule has 0 unspecified atom stereocenters. The normalized spacial score (nSPS) is 11.5. The van der Waals surface area contributed by atoms with E-state index in [1.165, 1.54) is 13.8 Å². The molecule has 0 radical (unpaired) electrons. The Morgan fingerprint density at radius 3 is 2.63 bits per heavy atom. The Balaban J connectivity index is 2.45. The van der Waals surface area contributed by atoms with Crippen molar-refractivity contribution in [2.75, 3.05) is 10.5 Å². The minimum absolute atomic E-state index is 0.00480. The smallest absolute Gasteiger partial charge is 0.335 e. The van der Waals surface area contributed by atoms with Crippen molar-refractivity contribution >= 4 is 21.7 Å². The molecule has 1 aromatic carbocycles. The molecule has 1 heterocycles. The van der Waals surface area contributed by atoms with Crippen molar-refractivity contribution in [1.29, 1.82) is 0 Å². The fourth-order valence-corrected chi connectivity index (χ4v) is 2.68. The van der Waals surface area contributed by atoms with E-state index >= 15 is 0 Å². The van der Waals surface area contributed by atoms with Crippen LogP contribution < -0.4 is 10.5 Å². The molecule has 102 valence electrons. The van der Waals surface area contributed by atoms with Crippen LogP contribution in [0.3, 0.4) is 0 Å². The molecule has 0 aliphatic heterocycles. The number of nitrogens with zero attached hydrogens (tertiary/aromatic N) is 2. The molecule has 0 spiro atoms. The molecule has 9 heteroatoms. The van der Waals surface area contributed by atoms with Crippen molar-refractivity contribution in [1.82, 2.24) is 10.1 Å². The lowest BCUT2D eigenvalue weighted by Gasteiger charge is -2.09. The molecule has 0 saturated heterocycles. The summed E-state index contributed by atoms with van der Waals surface area (Å²) in [6.07, 6.45) is 0. The number of aromatic nitrogens is 2. The molecule has 2 rings (SSSR count). The van der Waals surface area contributed by atoms with Gasteiger partial charge in [-0.25, -0.2) is 17.5 Å². The summed E-state index contributed by atoms with van der Waals surface area (Å²) in [4.78, 5) is 3.43. The van der Waals surface area contributed by atoms with Gasteiger partial charge in [0.2, 0.25) is 0 Å². The van der Waals surface area contributed by atoms with E-state index in [-0.39, 0.29) is 28.0 Å². The highest BCUT2D eigenvalue weighted by Crippen LogP contribution is 2.23. The lowest BCUT2D eigenvalue weighted by Crippen LogP contribution is -2.15. The van der Waals surface area contributed by atoms with Crippen LogP contribution in [0.1, 0.15) is 11.4 Å². The van der Waals surface area contributed by atoms with Crippen LogP contribution in [0.4, 0.5) is 16.1 Å². The van der Waals surface area contributed by atoms with Crippen molar-refractivity contribution < 1.29 is 17.3 Å². The van der Waals surface area contributed by atoms with Crippen molar-refractivity contribution in [2.45, 2.75) is 18.7 Å². The predicted molar refractivity (Wildman–Crippen MR) is 65.4 cm³/mol. The summed E-state index contributed by atoms with van der Waals surface area (Å²) in [6, 6.07) is 1.91. The Bertz CT molecular complexity index is 726. The molecule has 1 aromatic heterocycles. The molecule has 2 aromatic rings. The van der Waals surface area contributed by atoms with E-state index in [0.29, 0.717) is 0 Å². The minimum atomic E-state index is -4.04. The zero-order chi connectivity index (χ0) is 14.2. The van der Waals surface area contributed by atoms with Gasteiger partial charge in [-0.05, 0) is 26.0 Å². The van der Waals surface area contributed by atoms with Gasteiger partial charge in [-0.2, -0.15) is 4.98 Å². The first-order valence-corrected chi connectivity index (χ1v) is 6.66. The van der Waals surface area contributed by atoms with Gasteiger partial charge in [0.25, 0.3) is 10.0 Å². The zero-order valence-electron chi connectivity index (χ0n) is 10.1. The van der Waals surface area contributed by atoms with Crippen molar-refractivity contribution in [3.05, 3.63) is 29.3 Å². The van der Waals surface area contributed by atoms with Gasteiger partial charge < -0.3 is 10.3 Å². The summed E-state index contributed by atoms with van der Waals surface area (Å²) < 4.78 is 44.3. The number of rotatable bonds is 3. The lowest BCUT2D eigenvalue weighted by molar-refractivity contribution is 0.429. The Morgan fingerprint density at radius 2 is 2.05 bits per heavy atom. The van der Waals surface area contributed by atoms with Crippen LogP contribution in [-0.2, 0) is 10.0 Å². The standard InChI is InChI=1S/C10H11FN4O3S/c1-5-8(11)3-7(12)4-9(5)19(16,17)15-10-13-6(2)14-18-10/h3-4H,12H2,1-2H3,(H,13,14,15). The minimum Gasteiger partial charge on any atom is -0.399 e. The maximum Gasteiger partial charge on any atom is 0.335 e. The summed E-state index contributed by atoms with van der Waals surface area (Å²) in [7, 11) is -4.04. The third-order valence-corrected chi connectivity index (χ3v) is 3.80. The van der Waals surface area contributed by atoms with E-state index in [9.17, 15) is 12.8 Å². The number of hydrogen-bond acceptors (Lipinski definition) is 6. The van der Waals surface area contributed by atoms with E-state index in [1.54, 1.807) is 0 Å². The molecule has 3 N–H and O–H groups in total. The van der Waals surface area contributed by atoms with E-state index < -0.39 is 15.8 Å². The fourth-order valence-electron chi connectivity index (χ4n) is 1.46. The average Bonchev–Trinajstić information content (AvgIpc) is 2.68. The van der Waals surface area contributed by atoms with Crippen LogP contribution in [0.25, 0.3) is 0 Å². The first kappa shape index (κ1) is 13.3. The molecule has 0 amide bonds. The maximum absolute atomic E-state index is 13.5. The maximum atomic E-state index is 13.5. The van der Waals surface area contributed by atoms with Crippen molar-refractivity contribution in [3.8, 4) is 0 Å². The van der Waals surface area contributed by atoms with Gasteiger partial charge in [0.05, 0.1) is 4.90 Å². The highest BCUT2D eigenvalue weighted by atomic mass is 32.2. The summed E-state index contributed by atoms with van der Waals surface area (Å²) in [5, 5.41) is 3.44. The summed E-state index contributed by atoms with van der Waals surface area (Å²) in [5.41, 5.74) is 5.40. The Morgan fingerprint density at radius 1 is 1.37 bits per heavy atom. The van der Waals surface area contributed by atoms with Gasteiger partial charge in [0.1, 0.15) is 5.82 Å². The zero-order valence-corrected chi connectivity index (χ0v) is 11.0. The van der Waals surface area contributed by atoms with Gasteiger partial charge in [-0.3, -0.25) is 0 Å². The lowest BCUT2D eigenvalue weighted by atomic mass is 10.2. The number of nitrogens with one attached hydrogen (secondary N) is 1. The summed E-state index contributed by atoms with van der Waals surface area (Å²) in [5.74, 6) is -0.435. The first-order valence-electron chi connectivity index (χ1n) is 5.18. The third-order valence-electron chi connectivity index (χ3n) is 2.36. The number of benzene rings is 1. The monoisotopic (exact) mass is 286 g/mol. The Hall–Kier alpha value is -2.16. The van der Waals surface area contributed by atoms with E-state index in [4.69, 9.17) is 5.73 Å². The second-order valence-corrected chi connectivity index (χ2v) is 5.53. The highest BCUT2D eigenvalue weighted by molar-refractivity contribution is 7.92. The fraction of sp³-hybridized carbons (Fsp3) is 0.200. The number of aryl methyl sites for hydroxylation is 1. The second-order valence-electron chi connectivity index (χ2n) is 3.88. The molecule has 0 atom stereocenters. The average molecular weight is 286 g/mol. The van der Waals surface area contributed by atoms with Crippen LogP contribution in [0.2, 0.25) is 0 Å². The van der Waals surface area contributed by atoms with Gasteiger partial charge >= 0.3 is 6.01 Å². The molecule has 0 aliphatic rings.